The van der Waals surface area contributed by atoms with E-state index < -0.39 is 5.97 Å². The van der Waals surface area contributed by atoms with Crippen molar-refractivity contribution >= 4 is 22.6 Å². The van der Waals surface area contributed by atoms with E-state index in [9.17, 15) is 4.79 Å². The Kier molecular flexibility index (Phi) is 3.76. The topological polar surface area (TPSA) is 77.7 Å². The van der Waals surface area contributed by atoms with Crippen molar-refractivity contribution in [3.63, 3.8) is 0 Å². The van der Waals surface area contributed by atoms with Crippen molar-refractivity contribution in [2.24, 2.45) is 5.41 Å². The Balaban J connectivity index is 1.57. The first-order chi connectivity index (χ1) is 16.3. The van der Waals surface area contributed by atoms with Gasteiger partial charge in [-0.25, -0.2) is 9.78 Å². The number of anilines is 1. The highest BCUT2D eigenvalue weighted by Crippen LogP contribution is 2.71. The molecule has 4 aliphatic rings. The van der Waals surface area contributed by atoms with Crippen molar-refractivity contribution in [3.8, 4) is 5.75 Å². The van der Waals surface area contributed by atoms with Gasteiger partial charge in [0.25, 0.3) is 0 Å². The van der Waals surface area contributed by atoms with E-state index in [1.807, 2.05) is 12.1 Å². The van der Waals surface area contributed by atoms with Crippen molar-refractivity contribution < 1.29 is 14.3 Å². The lowest BCUT2D eigenvalue weighted by molar-refractivity contribution is -0.0907. The number of pyridine rings is 1. The zero-order valence-corrected chi connectivity index (χ0v) is 20.1. The molecule has 2 aromatic carbocycles. The summed E-state index contributed by atoms with van der Waals surface area (Å²) in [4.78, 5) is 20.3. The van der Waals surface area contributed by atoms with Gasteiger partial charge in [-0.05, 0) is 63.0 Å². The molecule has 0 radical (unpaired) electrons. The van der Waals surface area contributed by atoms with Crippen molar-refractivity contribution in [2.45, 2.75) is 50.7 Å². The average molecular weight is 456 g/mol. The summed E-state index contributed by atoms with van der Waals surface area (Å²) >= 11 is 0. The number of esters is 1. The van der Waals surface area contributed by atoms with Crippen LogP contribution in [0, 0.1) is 12.3 Å². The highest BCUT2D eigenvalue weighted by molar-refractivity contribution is 6.09. The minimum absolute atomic E-state index is 0.0621. The van der Waals surface area contributed by atoms with Crippen LogP contribution < -0.4 is 10.5 Å². The number of nitrogens with two attached hydrogens (primary N) is 1. The summed E-state index contributed by atoms with van der Waals surface area (Å²) < 4.78 is 12.0. The van der Waals surface area contributed by atoms with E-state index in [1.165, 1.54) is 23.8 Å². The summed E-state index contributed by atoms with van der Waals surface area (Å²) in [5.41, 5.74) is 14.5. The van der Waals surface area contributed by atoms with Crippen LogP contribution >= 0.6 is 0 Å². The van der Waals surface area contributed by atoms with E-state index in [4.69, 9.17) is 20.2 Å². The smallest absolute Gasteiger partial charge is 0.338 e. The Labute approximate surface area is 199 Å². The van der Waals surface area contributed by atoms with E-state index in [0.717, 1.165) is 48.3 Å². The number of aryl methyl sites for hydroxylation is 1. The second kappa shape index (κ2) is 6.30. The molecule has 1 aromatic heterocycles. The molecule has 0 saturated carbocycles. The number of likely N-dealkylation sites (tertiary alicyclic amines) is 1. The fraction of sp³-hybridized carbons (Fsp3) is 0.429. The molecule has 1 spiro atoms. The van der Waals surface area contributed by atoms with Crippen LogP contribution in [0.2, 0.25) is 0 Å². The summed E-state index contributed by atoms with van der Waals surface area (Å²) in [6.45, 7) is 5.62. The third kappa shape index (κ3) is 2.08. The SMILES string of the molecule is COC(=O)c1cccc2nc3c(c(N)c12)C[C@@]1(C)[C@@H]2Cc4ccc(C)c5c4[C@@]1(CCN2C)C3O5. The molecule has 3 aromatic rings. The molecule has 1 saturated heterocycles. The predicted octanol–water partition coefficient (Wildman–Crippen LogP) is 4.11. The van der Waals surface area contributed by atoms with Gasteiger partial charge in [-0.2, -0.15) is 0 Å². The first kappa shape index (κ1) is 20.3. The first-order valence-electron chi connectivity index (χ1n) is 12.1. The van der Waals surface area contributed by atoms with Crippen molar-refractivity contribution in [1.29, 1.82) is 0 Å². The van der Waals surface area contributed by atoms with Crippen molar-refractivity contribution in [1.82, 2.24) is 9.88 Å². The maximum Gasteiger partial charge on any atom is 0.338 e. The van der Waals surface area contributed by atoms with Gasteiger partial charge in [0.15, 0.2) is 6.10 Å². The van der Waals surface area contributed by atoms with Crippen LogP contribution in [0.1, 0.15) is 57.8 Å². The Morgan fingerprint density at radius 1 is 1.29 bits per heavy atom. The first-order valence-corrected chi connectivity index (χ1v) is 12.1. The van der Waals surface area contributed by atoms with Gasteiger partial charge in [0, 0.05) is 33.7 Å². The Morgan fingerprint density at radius 2 is 2.12 bits per heavy atom. The van der Waals surface area contributed by atoms with E-state index >= 15 is 0 Å². The quantitative estimate of drug-likeness (QED) is 0.557. The number of fused-ring (bicyclic) bond motifs is 3. The predicted molar refractivity (Wildman–Crippen MR) is 130 cm³/mol. The molecular formula is C28H29N3O3. The molecule has 1 fully saturated rings. The summed E-state index contributed by atoms with van der Waals surface area (Å²) in [7, 11) is 3.65. The number of carbonyl (C=O) groups is 1. The molecule has 2 aliphatic heterocycles. The molecule has 2 aliphatic carbocycles. The lowest BCUT2D eigenvalue weighted by Gasteiger charge is -2.64. The van der Waals surface area contributed by atoms with E-state index in [2.05, 4.69) is 37.9 Å². The van der Waals surface area contributed by atoms with Crippen molar-refractivity contribution in [3.05, 3.63) is 63.8 Å². The van der Waals surface area contributed by atoms with Crippen molar-refractivity contribution in [2.75, 3.05) is 26.4 Å². The number of aromatic nitrogens is 1. The fourth-order valence-electron chi connectivity index (χ4n) is 7.91. The molecule has 174 valence electrons. The number of likely N-dealkylation sites (N-methyl/N-ethyl adjacent to an activating group) is 1. The number of ether oxygens (including phenoxy) is 2. The zero-order valence-electron chi connectivity index (χ0n) is 20.1. The third-order valence-electron chi connectivity index (χ3n) is 9.51. The summed E-state index contributed by atoms with van der Waals surface area (Å²) in [5, 5.41) is 0.689. The van der Waals surface area contributed by atoms with Gasteiger partial charge in [0.05, 0.1) is 29.3 Å². The monoisotopic (exact) mass is 455 g/mol. The number of hydrogen-bond donors (Lipinski definition) is 1. The van der Waals surface area contributed by atoms with Gasteiger partial charge >= 0.3 is 5.97 Å². The zero-order chi connectivity index (χ0) is 23.6. The fourth-order valence-corrected chi connectivity index (χ4v) is 7.91. The maximum atomic E-state index is 12.6. The Bertz CT molecular complexity index is 1430. The molecule has 0 amide bonds. The summed E-state index contributed by atoms with van der Waals surface area (Å²) in [6, 6.07) is 10.4. The number of nitrogens with zero attached hydrogens (tertiary/aromatic N) is 2. The number of benzene rings is 2. The number of carbonyl (C=O) groups excluding carboxylic acids is 1. The van der Waals surface area contributed by atoms with Crippen LogP contribution in [0.25, 0.3) is 10.9 Å². The molecule has 34 heavy (non-hydrogen) atoms. The highest BCUT2D eigenvalue weighted by Gasteiger charge is 2.70. The normalized spacial score (nSPS) is 30.5. The minimum Gasteiger partial charge on any atom is -0.483 e. The Morgan fingerprint density at radius 3 is 2.91 bits per heavy atom. The molecule has 4 atom stereocenters. The van der Waals surface area contributed by atoms with Crippen LogP contribution in [-0.2, 0) is 23.0 Å². The number of rotatable bonds is 1. The minimum atomic E-state index is -0.392. The molecule has 6 heteroatoms. The van der Waals surface area contributed by atoms with Gasteiger partial charge in [0.2, 0.25) is 0 Å². The second-order valence-electron chi connectivity index (χ2n) is 10.8. The van der Waals surface area contributed by atoms with Gasteiger partial charge in [-0.3, -0.25) is 0 Å². The van der Waals surface area contributed by atoms with Crippen LogP contribution in [0.3, 0.4) is 0 Å². The van der Waals surface area contributed by atoms with E-state index in [1.54, 1.807) is 6.07 Å². The molecular weight excluding hydrogens is 426 g/mol. The van der Waals surface area contributed by atoms with E-state index in [0.29, 0.717) is 22.7 Å². The summed E-state index contributed by atoms with van der Waals surface area (Å²) in [6.07, 6.45) is 2.68. The lowest BCUT2D eigenvalue weighted by atomic mass is 9.44. The number of piperidine rings is 1. The van der Waals surface area contributed by atoms with Crippen LogP contribution in [0.15, 0.2) is 30.3 Å². The number of hydrogen-bond acceptors (Lipinski definition) is 6. The largest absolute Gasteiger partial charge is 0.483 e. The second-order valence-corrected chi connectivity index (χ2v) is 10.8. The highest BCUT2D eigenvalue weighted by atomic mass is 16.5. The molecule has 1 unspecified atom stereocenters. The standard InChI is InChI=1S/C28H29N3O3/c1-14-8-9-15-12-19-27(2)13-17-22(29)20-16(26(32)33-4)6-5-7-18(20)30-23(17)25-28(27,10-11-31(19)3)21(15)24(14)34-25/h5-9,19,25H,10-13H2,1-4H3,(H2,29,30)/t19-,25?,27-,28-/m0/s1. The molecule has 7 rings (SSSR count). The number of methoxy groups -OCH3 is 1. The summed E-state index contributed by atoms with van der Waals surface area (Å²) in [5.74, 6) is 0.657. The molecule has 3 heterocycles. The molecule has 2 bridgehead atoms. The van der Waals surface area contributed by atoms with Crippen LogP contribution in [0.4, 0.5) is 5.69 Å². The third-order valence-corrected chi connectivity index (χ3v) is 9.51. The molecule has 6 nitrogen and oxygen atoms in total. The molecule has 2 N–H and O–H groups in total. The average Bonchev–Trinajstić information content (AvgIpc) is 3.19. The van der Waals surface area contributed by atoms with Gasteiger partial charge in [0.1, 0.15) is 5.75 Å². The van der Waals surface area contributed by atoms with Gasteiger partial charge in [-0.15, -0.1) is 0 Å². The van der Waals surface area contributed by atoms with Crippen LogP contribution in [0.5, 0.6) is 5.75 Å². The van der Waals surface area contributed by atoms with Crippen LogP contribution in [-0.4, -0.2) is 42.6 Å². The maximum absolute atomic E-state index is 12.6. The Hall–Kier alpha value is -3.12. The van der Waals surface area contributed by atoms with E-state index in [-0.39, 0.29) is 16.9 Å². The van der Waals surface area contributed by atoms with Gasteiger partial charge < -0.3 is 20.1 Å². The number of nitrogen functional groups attached to an aromatic ring is 1. The lowest BCUT2D eigenvalue weighted by Crippen LogP contribution is -2.68. The van der Waals surface area contributed by atoms with Gasteiger partial charge in [-0.1, -0.05) is 25.1 Å².